The fourth-order valence-corrected chi connectivity index (χ4v) is 7.26. The van der Waals surface area contributed by atoms with Gasteiger partial charge in [-0.05, 0) is 74.8 Å². The summed E-state index contributed by atoms with van der Waals surface area (Å²) in [5, 5.41) is 4.14. The molecular formula is C30H42FN3O3. The van der Waals surface area contributed by atoms with E-state index >= 15 is 0 Å². The first-order chi connectivity index (χ1) is 17.6. The van der Waals surface area contributed by atoms with Crippen molar-refractivity contribution in [3.8, 4) is 0 Å². The quantitative estimate of drug-likeness (QED) is 0.449. The van der Waals surface area contributed by atoms with Crippen LogP contribution in [0.4, 0.5) is 4.39 Å². The molecule has 6 nitrogen and oxygen atoms in total. The molecule has 2 aromatic rings. The first-order valence-electron chi connectivity index (χ1n) is 14.0. The predicted molar refractivity (Wildman–Crippen MR) is 144 cm³/mol. The molecule has 1 aromatic heterocycles. The minimum atomic E-state index is -0.281. The average Bonchev–Trinajstić information content (AvgIpc) is 3.44. The van der Waals surface area contributed by atoms with Crippen LogP contribution in [0.3, 0.4) is 0 Å². The number of carbonyl (C=O) groups is 3. The summed E-state index contributed by atoms with van der Waals surface area (Å²) in [5.41, 5.74) is 1.64. The number of likely N-dealkylation sites (tertiary alicyclic amines) is 1. The molecule has 0 spiro atoms. The Balaban J connectivity index is 1.58. The molecule has 202 valence electrons. The van der Waals surface area contributed by atoms with E-state index in [1.165, 1.54) is 12.1 Å². The number of ketones is 2. The number of hydrogen-bond acceptors (Lipinski definition) is 4. The molecule has 0 bridgehead atoms. The van der Waals surface area contributed by atoms with Crippen LogP contribution in [0.1, 0.15) is 84.6 Å². The van der Waals surface area contributed by atoms with Crippen molar-refractivity contribution < 1.29 is 18.8 Å². The van der Waals surface area contributed by atoms with Crippen LogP contribution in [-0.2, 0) is 14.4 Å². The summed E-state index contributed by atoms with van der Waals surface area (Å²) in [6.45, 7) is 11.0. The molecule has 1 saturated heterocycles. The molecule has 7 heteroatoms. The number of amides is 1. The van der Waals surface area contributed by atoms with Crippen molar-refractivity contribution in [1.29, 1.82) is 0 Å². The first-order valence-corrected chi connectivity index (χ1v) is 14.0. The van der Waals surface area contributed by atoms with Gasteiger partial charge in [-0.15, -0.1) is 0 Å². The number of H-pyrrole nitrogens is 1. The number of rotatable bonds is 10. The summed E-state index contributed by atoms with van der Waals surface area (Å²) in [5.74, 6) is 0.00551. The minimum Gasteiger partial charge on any atom is -0.361 e. The number of aromatic amines is 1. The number of carbonyl (C=O) groups excluding carboxylic acids is 3. The van der Waals surface area contributed by atoms with Crippen molar-refractivity contribution >= 4 is 28.4 Å². The van der Waals surface area contributed by atoms with Gasteiger partial charge in [0.15, 0.2) is 0 Å². The van der Waals surface area contributed by atoms with Crippen molar-refractivity contribution in [2.75, 3.05) is 13.1 Å². The zero-order valence-corrected chi connectivity index (χ0v) is 22.9. The molecule has 6 atom stereocenters. The number of Topliss-reactive ketones (excluding diaryl/α,β-unsaturated/α-hetero) is 2. The van der Waals surface area contributed by atoms with Gasteiger partial charge in [-0.2, -0.15) is 0 Å². The molecule has 1 saturated carbocycles. The highest BCUT2D eigenvalue weighted by molar-refractivity contribution is 5.87. The van der Waals surface area contributed by atoms with Gasteiger partial charge >= 0.3 is 0 Å². The van der Waals surface area contributed by atoms with Crippen molar-refractivity contribution in [3.05, 3.63) is 35.8 Å². The molecule has 2 fully saturated rings. The molecule has 1 aliphatic heterocycles. The zero-order valence-electron chi connectivity index (χ0n) is 22.9. The Bertz CT molecular complexity index is 1160. The Morgan fingerprint density at radius 1 is 1.22 bits per heavy atom. The number of likely N-dealkylation sites (N-methyl/N-ethyl adjacent to an activating group) is 1. The molecule has 2 aliphatic rings. The fraction of sp³-hybridized carbons (Fsp3) is 0.633. The number of nitrogens with zero attached hydrogens (tertiary/aromatic N) is 1. The Labute approximate surface area is 219 Å². The highest BCUT2D eigenvalue weighted by Gasteiger charge is 2.57. The van der Waals surface area contributed by atoms with Gasteiger partial charge in [0.2, 0.25) is 5.91 Å². The number of fused-ring (bicyclic) bond motifs is 2. The molecule has 4 rings (SSSR count). The van der Waals surface area contributed by atoms with Crippen molar-refractivity contribution in [2.45, 2.75) is 91.1 Å². The van der Waals surface area contributed by atoms with Crippen LogP contribution in [0.2, 0.25) is 0 Å². The van der Waals surface area contributed by atoms with Crippen LogP contribution in [0.5, 0.6) is 0 Å². The normalized spacial score (nSPS) is 27.2. The second-order valence-corrected chi connectivity index (χ2v) is 11.3. The standard InChI is InChI=1S/C30H42FN3O3/c1-6-30-15-21(29(37)18(3)8-12-27(36)19(4)32-7-2)9-13-28(30)34(20(5)35)17-25(30)24-16-33-26-14-22(31)10-11-23(24)26/h10-11,14,16,18-19,21,25,28,32-33H,6-9,12-13,15,17H2,1-5H3. The Kier molecular flexibility index (Phi) is 8.22. The number of hydrogen-bond donors (Lipinski definition) is 2. The van der Waals surface area contributed by atoms with Crippen molar-refractivity contribution in [3.63, 3.8) is 0 Å². The minimum absolute atomic E-state index is 0.0686. The maximum Gasteiger partial charge on any atom is 0.219 e. The van der Waals surface area contributed by atoms with Crippen LogP contribution in [0, 0.1) is 23.1 Å². The molecule has 1 aromatic carbocycles. The van der Waals surface area contributed by atoms with E-state index in [9.17, 15) is 18.8 Å². The Morgan fingerprint density at radius 3 is 2.65 bits per heavy atom. The van der Waals surface area contributed by atoms with Gasteiger partial charge in [0.25, 0.3) is 0 Å². The summed E-state index contributed by atoms with van der Waals surface area (Å²) in [6.07, 6.45) is 6.12. The summed E-state index contributed by atoms with van der Waals surface area (Å²) in [6, 6.07) is 4.73. The van der Waals surface area contributed by atoms with Gasteiger partial charge in [-0.3, -0.25) is 14.4 Å². The smallest absolute Gasteiger partial charge is 0.219 e. The molecule has 2 heterocycles. The SMILES string of the molecule is CCNC(C)C(=O)CCC(C)C(=O)C1CCC2N(C(C)=O)CC(c3c[nH]c4cc(F)ccc34)C2(CC)C1. The monoisotopic (exact) mass is 511 g/mol. The predicted octanol–water partition coefficient (Wildman–Crippen LogP) is 5.37. The van der Waals surface area contributed by atoms with Gasteiger partial charge in [0, 0.05) is 60.8 Å². The highest BCUT2D eigenvalue weighted by atomic mass is 19.1. The summed E-state index contributed by atoms with van der Waals surface area (Å²) in [4.78, 5) is 44.1. The summed E-state index contributed by atoms with van der Waals surface area (Å²) in [7, 11) is 0. The lowest BCUT2D eigenvalue weighted by Gasteiger charge is -2.46. The average molecular weight is 512 g/mol. The zero-order chi connectivity index (χ0) is 26.9. The third-order valence-electron chi connectivity index (χ3n) is 9.35. The largest absolute Gasteiger partial charge is 0.361 e. The van der Waals surface area contributed by atoms with Gasteiger partial charge in [-0.1, -0.05) is 20.8 Å². The van der Waals surface area contributed by atoms with Crippen LogP contribution in [0.15, 0.2) is 24.4 Å². The van der Waals surface area contributed by atoms with Crippen LogP contribution in [0.25, 0.3) is 10.9 Å². The molecule has 1 amide bonds. The van der Waals surface area contributed by atoms with Gasteiger partial charge < -0.3 is 15.2 Å². The number of aromatic nitrogens is 1. The Morgan fingerprint density at radius 2 is 1.97 bits per heavy atom. The molecular weight excluding hydrogens is 469 g/mol. The van der Waals surface area contributed by atoms with Crippen molar-refractivity contribution in [2.24, 2.45) is 17.3 Å². The highest BCUT2D eigenvalue weighted by Crippen LogP contribution is 2.59. The van der Waals surface area contributed by atoms with E-state index in [2.05, 4.69) is 17.2 Å². The number of halogens is 1. The van der Waals surface area contributed by atoms with Gasteiger partial charge in [-0.25, -0.2) is 4.39 Å². The molecule has 6 unspecified atom stereocenters. The van der Waals surface area contributed by atoms with E-state index in [-0.39, 0.29) is 58.5 Å². The van der Waals surface area contributed by atoms with Crippen LogP contribution < -0.4 is 5.32 Å². The second-order valence-electron chi connectivity index (χ2n) is 11.3. The molecule has 1 aliphatic carbocycles. The second kappa shape index (κ2) is 11.1. The van der Waals surface area contributed by atoms with Gasteiger partial charge in [0.1, 0.15) is 17.4 Å². The topological polar surface area (TPSA) is 82.3 Å². The lowest BCUT2D eigenvalue weighted by Crippen LogP contribution is -2.48. The fourth-order valence-electron chi connectivity index (χ4n) is 7.26. The number of nitrogens with one attached hydrogen (secondary N) is 2. The van der Waals surface area contributed by atoms with E-state index in [0.29, 0.717) is 19.4 Å². The first kappa shape index (κ1) is 27.5. The van der Waals surface area contributed by atoms with E-state index in [4.69, 9.17) is 0 Å². The third-order valence-corrected chi connectivity index (χ3v) is 9.35. The lowest BCUT2D eigenvalue weighted by molar-refractivity contribution is -0.133. The van der Waals surface area contributed by atoms with E-state index in [1.807, 2.05) is 37.9 Å². The number of benzene rings is 1. The maximum atomic E-state index is 13.9. The summed E-state index contributed by atoms with van der Waals surface area (Å²) < 4.78 is 13.9. The van der Waals surface area contributed by atoms with Crippen LogP contribution >= 0.6 is 0 Å². The molecule has 37 heavy (non-hydrogen) atoms. The van der Waals surface area contributed by atoms with E-state index in [0.717, 1.165) is 48.7 Å². The Hall–Kier alpha value is -2.54. The lowest BCUT2D eigenvalue weighted by atomic mass is 9.58. The third kappa shape index (κ3) is 5.12. The van der Waals surface area contributed by atoms with Gasteiger partial charge in [0.05, 0.1) is 6.04 Å². The summed E-state index contributed by atoms with van der Waals surface area (Å²) >= 11 is 0. The van der Waals surface area contributed by atoms with Crippen molar-refractivity contribution in [1.82, 2.24) is 15.2 Å². The molecule has 0 radical (unpaired) electrons. The maximum absolute atomic E-state index is 13.9. The van der Waals surface area contributed by atoms with E-state index < -0.39 is 0 Å². The molecule has 2 N–H and O–H groups in total. The van der Waals surface area contributed by atoms with E-state index in [1.54, 1.807) is 6.92 Å². The van der Waals surface area contributed by atoms with Crippen LogP contribution in [-0.4, -0.2) is 52.5 Å².